The molecule has 2 aliphatic rings. The Morgan fingerprint density at radius 3 is 2.27 bits per heavy atom. The minimum atomic E-state index is -3.72. The topological polar surface area (TPSA) is 153 Å². The highest BCUT2D eigenvalue weighted by Crippen LogP contribution is 2.47. The molecule has 1 N–H and O–H groups in total. The Kier molecular flexibility index (Phi) is 13.8. The second kappa shape index (κ2) is 18.4. The molecular formula is C37H49N6O8P. The fraction of sp³-hybridized carbons (Fsp3) is 0.486. The van der Waals surface area contributed by atoms with Crippen LogP contribution in [-0.4, -0.2) is 110 Å². The lowest BCUT2D eigenvalue weighted by Crippen LogP contribution is -2.53. The maximum Gasteiger partial charge on any atom is 0.409 e. The predicted octanol–water partition coefficient (Wildman–Crippen LogP) is 4.81. The number of carbonyl (C=O) groups excluding carboxylic acids is 3. The fourth-order valence-corrected chi connectivity index (χ4v) is 7.77. The first-order valence-corrected chi connectivity index (χ1v) is 19.5. The molecule has 3 aromatic rings. The van der Waals surface area contributed by atoms with Crippen molar-refractivity contribution in [3.8, 4) is 11.4 Å². The van der Waals surface area contributed by atoms with Crippen LogP contribution < -0.4 is 15.5 Å². The third-order valence-corrected chi connectivity index (χ3v) is 11.1. The lowest BCUT2D eigenvalue weighted by atomic mass is 10.0. The largest absolute Gasteiger partial charge is 0.449 e. The molecule has 1 unspecified atom stereocenters. The van der Waals surface area contributed by atoms with E-state index in [9.17, 15) is 18.9 Å². The van der Waals surface area contributed by atoms with Gasteiger partial charge in [0.1, 0.15) is 17.6 Å². The number of hydrogen-bond acceptors (Lipinski definition) is 11. The van der Waals surface area contributed by atoms with Crippen LogP contribution in [0.5, 0.6) is 0 Å². The van der Waals surface area contributed by atoms with Crippen molar-refractivity contribution in [2.75, 3.05) is 71.1 Å². The fourth-order valence-electron chi connectivity index (χ4n) is 6.14. The quantitative estimate of drug-likeness (QED) is 0.169. The summed E-state index contributed by atoms with van der Waals surface area (Å²) in [5.74, 6) is -0.0553. The van der Waals surface area contributed by atoms with Crippen LogP contribution in [0, 0.1) is 0 Å². The van der Waals surface area contributed by atoms with E-state index in [1.807, 2.05) is 37.3 Å². The first-order chi connectivity index (χ1) is 25.2. The van der Waals surface area contributed by atoms with Crippen molar-refractivity contribution in [2.24, 2.45) is 0 Å². The predicted molar refractivity (Wildman–Crippen MR) is 197 cm³/mol. The van der Waals surface area contributed by atoms with E-state index >= 15 is 0 Å². The molecule has 2 aliphatic heterocycles. The van der Waals surface area contributed by atoms with Crippen LogP contribution in [0.25, 0.3) is 11.4 Å². The highest BCUT2D eigenvalue weighted by molar-refractivity contribution is 7.62. The number of piperazine rings is 1. The number of nitrogens with zero attached hydrogens (tertiary/aromatic N) is 5. The molecule has 2 fully saturated rings. The van der Waals surface area contributed by atoms with Crippen molar-refractivity contribution in [1.29, 1.82) is 0 Å². The number of unbranched alkanes of at least 4 members (excludes halogenated alkanes) is 1. The first kappa shape index (κ1) is 38.9. The Bertz CT molecular complexity index is 1710. The molecule has 280 valence electrons. The van der Waals surface area contributed by atoms with Gasteiger partial charge in [-0.05, 0) is 44.4 Å². The average molecular weight is 737 g/mol. The van der Waals surface area contributed by atoms with Crippen LogP contribution in [0.15, 0.2) is 60.7 Å². The molecule has 3 amide bonds. The van der Waals surface area contributed by atoms with Gasteiger partial charge in [-0.3, -0.25) is 14.2 Å². The van der Waals surface area contributed by atoms with E-state index in [2.05, 4.69) is 15.2 Å². The number of aromatic nitrogens is 2. The lowest BCUT2D eigenvalue weighted by Gasteiger charge is -2.36. The zero-order chi connectivity index (χ0) is 37.1. The van der Waals surface area contributed by atoms with Gasteiger partial charge in [-0.1, -0.05) is 55.8 Å². The Balaban J connectivity index is 1.47. The van der Waals surface area contributed by atoms with Crippen LogP contribution >= 0.6 is 7.60 Å². The smallest absolute Gasteiger partial charge is 0.409 e. The number of carbonyl (C=O) groups is 3. The van der Waals surface area contributed by atoms with Gasteiger partial charge in [0.25, 0.3) is 5.91 Å². The van der Waals surface area contributed by atoms with E-state index in [4.69, 9.17) is 23.5 Å². The van der Waals surface area contributed by atoms with Crippen LogP contribution in [0.2, 0.25) is 0 Å². The monoisotopic (exact) mass is 736 g/mol. The molecule has 0 aliphatic carbocycles. The minimum absolute atomic E-state index is 0.0321. The minimum Gasteiger partial charge on any atom is -0.449 e. The van der Waals surface area contributed by atoms with Gasteiger partial charge in [0.05, 0.1) is 31.2 Å². The van der Waals surface area contributed by atoms with E-state index in [0.29, 0.717) is 36.9 Å². The van der Waals surface area contributed by atoms with Gasteiger partial charge >= 0.3 is 13.7 Å². The standard InChI is InChI=1S/C37H49N6O8P/c1-5-8-23-49-37(46)42-21-19-41(20-22-42)36(45)33(28-15-12-16-30(24-28)52(47,50-6-2)51-7-3)40-35(44)31-25-32(43-18-17-29(26-43)48-4)39-34(38-31)27-13-10-9-11-14-27/h9-16,24-25,29,33H,5-8,17-23,26H2,1-4H3,(H,40,44)/t29-,33?/m0/s1. The van der Waals surface area contributed by atoms with Crippen molar-refractivity contribution in [3.63, 3.8) is 0 Å². The molecule has 0 spiro atoms. The number of hydrogen-bond donors (Lipinski definition) is 1. The van der Waals surface area contributed by atoms with Crippen LogP contribution in [0.1, 0.15) is 62.1 Å². The van der Waals surface area contributed by atoms with Crippen molar-refractivity contribution in [1.82, 2.24) is 25.1 Å². The molecule has 52 heavy (non-hydrogen) atoms. The van der Waals surface area contributed by atoms with Gasteiger partial charge in [0, 0.05) is 58.0 Å². The van der Waals surface area contributed by atoms with Crippen molar-refractivity contribution >= 4 is 36.6 Å². The molecular weight excluding hydrogens is 687 g/mol. The van der Waals surface area contributed by atoms with Crippen molar-refractivity contribution in [2.45, 2.75) is 52.2 Å². The second-order valence-corrected chi connectivity index (χ2v) is 14.5. The van der Waals surface area contributed by atoms with Crippen molar-refractivity contribution < 1.29 is 37.5 Å². The molecule has 5 rings (SSSR count). The van der Waals surface area contributed by atoms with Gasteiger partial charge in [-0.2, -0.15) is 0 Å². The Hall–Kier alpha value is -4.36. The maximum atomic E-state index is 14.4. The molecule has 2 saturated heterocycles. The van der Waals surface area contributed by atoms with Crippen LogP contribution in [0.4, 0.5) is 10.6 Å². The molecule has 14 nitrogen and oxygen atoms in total. The van der Waals surface area contributed by atoms with E-state index in [-0.39, 0.29) is 56.5 Å². The van der Waals surface area contributed by atoms with Gasteiger partial charge in [-0.15, -0.1) is 0 Å². The number of anilines is 1. The average Bonchev–Trinajstić information content (AvgIpc) is 3.67. The summed E-state index contributed by atoms with van der Waals surface area (Å²) in [6.45, 7) is 8.40. The number of amides is 3. The third kappa shape index (κ3) is 9.54. The van der Waals surface area contributed by atoms with E-state index < -0.39 is 31.5 Å². The zero-order valence-corrected chi connectivity index (χ0v) is 31.3. The van der Waals surface area contributed by atoms with Gasteiger partial charge in [-0.25, -0.2) is 14.8 Å². The van der Waals surface area contributed by atoms with E-state index in [1.54, 1.807) is 61.1 Å². The highest BCUT2D eigenvalue weighted by Gasteiger charge is 2.34. The second-order valence-electron chi connectivity index (χ2n) is 12.5. The number of methoxy groups -OCH3 is 1. The Labute approximate surface area is 305 Å². The van der Waals surface area contributed by atoms with Crippen molar-refractivity contribution in [3.05, 3.63) is 71.9 Å². The molecule has 0 bridgehead atoms. The summed E-state index contributed by atoms with van der Waals surface area (Å²) in [6, 6.07) is 16.3. The summed E-state index contributed by atoms with van der Waals surface area (Å²) in [4.78, 5) is 55.9. The van der Waals surface area contributed by atoms with E-state index in [0.717, 1.165) is 24.8 Å². The molecule has 2 atom stereocenters. The number of nitrogens with one attached hydrogen (secondary N) is 1. The zero-order valence-electron chi connectivity index (χ0n) is 30.4. The SMILES string of the molecule is CCCCOC(=O)N1CCN(C(=O)C(NC(=O)c2cc(N3CC[C@H](OC)C3)nc(-c3ccccc3)n2)c2cccc(P(=O)(OCC)OCC)c2)CC1. The Morgan fingerprint density at radius 1 is 0.904 bits per heavy atom. The molecule has 3 heterocycles. The summed E-state index contributed by atoms with van der Waals surface area (Å²) in [5.41, 5.74) is 1.19. The molecule has 2 aromatic carbocycles. The molecule has 1 aromatic heterocycles. The van der Waals surface area contributed by atoms with Gasteiger partial charge < -0.3 is 38.5 Å². The third-order valence-electron chi connectivity index (χ3n) is 8.99. The maximum absolute atomic E-state index is 14.4. The lowest BCUT2D eigenvalue weighted by molar-refractivity contribution is -0.135. The highest BCUT2D eigenvalue weighted by atomic mass is 31.2. The number of ether oxygens (including phenoxy) is 2. The van der Waals surface area contributed by atoms with Gasteiger partial charge in [0.15, 0.2) is 5.82 Å². The Morgan fingerprint density at radius 2 is 1.62 bits per heavy atom. The normalized spacial score (nSPS) is 16.8. The first-order valence-electron chi connectivity index (χ1n) is 17.9. The molecule has 0 radical (unpaired) electrons. The van der Waals surface area contributed by atoms with Crippen LogP contribution in [0.3, 0.4) is 0 Å². The summed E-state index contributed by atoms with van der Waals surface area (Å²) < 4.78 is 35.9. The molecule has 15 heteroatoms. The summed E-state index contributed by atoms with van der Waals surface area (Å²) in [5, 5.41) is 3.20. The summed E-state index contributed by atoms with van der Waals surface area (Å²) >= 11 is 0. The number of benzene rings is 2. The summed E-state index contributed by atoms with van der Waals surface area (Å²) in [6.07, 6.45) is 2.11. The van der Waals surface area contributed by atoms with Crippen LogP contribution in [-0.2, 0) is 27.9 Å². The number of rotatable bonds is 15. The molecule has 0 saturated carbocycles. The summed E-state index contributed by atoms with van der Waals surface area (Å²) in [7, 11) is -2.05. The van der Waals surface area contributed by atoms with E-state index in [1.165, 1.54) is 0 Å². The van der Waals surface area contributed by atoms with Gasteiger partial charge in [0.2, 0.25) is 5.91 Å².